The third kappa shape index (κ3) is 8.67. The van der Waals surface area contributed by atoms with E-state index in [1.807, 2.05) is 86.8 Å². The van der Waals surface area contributed by atoms with Gasteiger partial charge in [-0.3, -0.25) is 9.59 Å². The molecule has 38 heavy (non-hydrogen) atoms. The van der Waals surface area contributed by atoms with Gasteiger partial charge in [0.15, 0.2) is 11.9 Å². The van der Waals surface area contributed by atoms with Crippen molar-refractivity contribution in [2.75, 3.05) is 20.8 Å². The molecule has 0 aliphatic rings. The summed E-state index contributed by atoms with van der Waals surface area (Å²) in [5.41, 5.74) is 4.87. The highest BCUT2D eigenvalue weighted by Gasteiger charge is 2.19. The molecule has 0 heterocycles. The van der Waals surface area contributed by atoms with Crippen molar-refractivity contribution in [1.29, 1.82) is 0 Å². The van der Waals surface area contributed by atoms with Gasteiger partial charge in [-0.25, -0.2) is 4.79 Å². The zero-order valence-corrected chi connectivity index (χ0v) is 22.5. The summed E-state index contributed by atoms with van der Waals surface area (Å²) in [5, 5.41) is 0. The number of amides is 1. The van der Waals surface area contributed by atoms with Gasteiger partial charge in [0.25, 0.3) is 0 Å². The van der Waals surface area contributed by atoms with E-state index in [2.05, 4.69) is 6.07 Å². The molecule has 0 spiro atoms. The Morgan fingerprint density at radius 1 is 0.816 bits per heavy atom. The van der Waals surface area contributed by atoms with E-state index in [9.17, 15) is 14.4 Å². The Kier molecular flexibility index (Phi) is 11.2. The van der Waals surface area contributed by atoms with Crippen LogP contribution in [0.1, 0.15) is 54.1 Å². The van der Waals surface area contributed by atoms with Gasteiger partial charge in [-0.1, -0.05) is 72.8 Å². The number of benzene rings is 3. The van der Waals surface area contributed by atoms with Gasteiger partial charge in [-0.2, -0.15) is 0 Å². The summed E-state index contributed by atoms with van der Waals surface area (Å²) in [6, 6.07) is 25.5. The third-order valence-corrected chi connectivity index (χ3v) is 6.45. The highest BCUT2D eigenvalue weighted by Crippen LogP contribution is 2.23. The first kappa shape index (κ1) is 28.8. The fourth-order valence-corrected chi connectivity index (χ4v) is 4.32. The molecular weight excluding hydrogens is 478 g/mol. The number of carbonyl (C=O) groups is 3. The van der Waals surface area contributed by atoms with Crippen LogP contribution in [0.25, 0.3) is 11.1 Å². The van der Waals surface area contributed by atoms with Crippen LogP contribution in [-0.2, 0) is 32.0 Å². The molecule has 200 valence electrons. The summed E-state index contributed by atoms with van der Waals surface area (Å²) < 4.78 is 10.4. The molecule has 6 nitrogen and oxygen atoms in total. The molecule has 0 bridgehead atoms. The average Bonchev–Trinajstić information content (AvgIpc) is 2.95. The van der Waals surface area contributed by atoms with Crippen LogP contribution in [0.4, 0.5) is 0 Å². The largest absolute Gasteiger partial charge is 0.467 e. The van der Waals surface area contributed by atoms with Gasteiger partial charge < -0.3 is 14.4 Å². The number of rotatable bonds is 14. The lowest BCUT2D eigenvalue weighted by molar-refractivity contribution is -0.153. The molecule has 0 aromatic heterocycles. The SMILES string of the molecule is CCO[C@@H](Cc1ccc(-c2cccc(CN(C)C(=O)CCCCC(=O)c3ccccc3)c2)cc1)C(=O)OC. The van der Waals surface area contributed by atoms with Gasteiger partial charge in [0, 0.05) is 45.0 Å². The lowest BCUT2D eigenvalue weighted by Gasteiger charge is -2.18. The van der Waals surface area contributed by atoms with Crippen LogP contribution in [0.3, 0.4) is 0 Å². The number of hydrogen-bond acceptors (Lipinski definition) is 5. The fraction of sp³-hybridized carbons (Fsp3) is 0.344. The molecule has 0 saturated carbocycles. The van der Waals surface area contributed by atoms with Crippen molar-refractivity contribution in [2.45, 2.75) is 51.7 Å². The van der Waals surface area contributed by atoms with E-state index in [1.54, 1.807) is 4.90 Å². The molecule has 0 radical (unpaired) electrons. The van der Waals surface area contributed by atoms with Crippen molar-refractivity contribution in [2.24, 2.45) is 0 Å². The minimum atomic E-state index is -0.614. The second-order valence-corrected chi connectivity index (χ2v) is 9.31. The van der Waals surface area contributed by atoms with E-state index < -0.39 is 6.10 Å². The molecule has 1 atom stereocenters. The van der Waals surface area contributed by atoms with Gasteiger partial charge in [-0.15, -0.1) is 0 Å². The third-order valence-electron chi connectivity index (χ3n) is 6.45. The summed E-state index contributed by atoms with van der Waals surface area (Å²) in [6.07, 6.45) is 2.10. The molecule has 1 amide bonds. The maximum absolute atomic E-state index is 12.7. The molecule has 0 N–H and O–H groups in total. The maximum Gasteiger partial charge on any atom is 0.335 e. The minimum Gasteiger partial charge on any atom is -0.467 e. The molecule has 6 heteroatoms. The topological polar surface area (TPSA) is 72.9 Å². The van der Waals surface area contributed by atoms with E-state index in [4.69, 9.17) is 9.47 Å². The van der Waals surface area contributed by atoms with Crippen LogP contribution in [0, 0.1) is 0 Å². The van der Waals surface area contributed by atoms with E-state index >= 15 is 0 Å². The van der Waals surface area contributed by atoms with Gasteiger partial charge in [0.2, 0.25) is 5.91 Å². The number of ether oxygens (including phenoxy) is 2. The van der Waals surface area contributed by atoms with E-state index in [-0.39, 0.29) is 17.7 Å². The summed E-state index contributed by atoms with van der Waals surface area (Å²) in [7, 11) is 3.18. The van der Waals surface area contributed by atoms with Crippen molar-refractivity contribution < 1.29 is 23.9 Å². The van der Waals surface area contributed by atoms with E-state index in [0.29, 0.717) is 45.3 Å². The molecule has 3 rings (SSSR count). The number of nitrogens with zero attached hydrogens (tertiary/aromatic N) is 1. The standard InChI is InChI=1S/C32H37NO5/c1-4-38-30(32(36)37-3)22-24-17-19-26(20-18-24)28-14-10-11-25(21-28)23-33(2)31(35)16-9-8-15-29(34)27-12-6-5-7-13-27/h5-7,10-14,17-21,30H,4,8-9,15-16,22-23H2,1-3H3/t30-/m0/s1. The molecule has 0 aliphatic heterocycles. The van der Waals surface area contributed by atoms with Crippen molar-refractivity contribution in [3.05, 3.63) is 95.6 Å². The second kappa shape index (κ2) is 14.8. The maximum atomic E-state index is 12.7. The Morgan fingerprint density at radius 2 is 1.53 bits per heavy atom. The lowest BCUT2D eigenvalue weighted by Crippen LogP contribution is -2.28. The Bertz CT molecular complexity index is 1190. The molecule has 0 saturated heterocycles. The molecular formula is C32H37NO5. The number of unbranched alkanes of at least 4 members (excludes halogenated alkanes) is 1. The summed E-state index contributed by atoms with van der Waals surface area (Å²) in [5.74, 6) is -0.182. The highest BCUT2D eigenvalue weighted by atomic mass is 16.6. The van der Waals surface area contributed by atoms with Gasteiger partial charge in [0.1, 0.15) is 0 Å². The summed E-state index contributed by atoms with van der Waals surface area (Å²) in [4.78, 5) is 38.6. The number of esters is 1. The van der Waals surface area contributed by atoms with Crippen LogP contribution in [0.2, 0.25) is 0 Å². The first-order valence-corrected chi connectivity index (χ1v) is 13.1. The Hall–Kier alpha value is -3.77. The van der Waals surface area contributed by atoms with Crippen molar-refractivity contribution in [1.82, 2.24) is 4.90 Å². The number of hydrogen-bond donors (Lipinski definition) is 0. The minimum absolute atomic E-state index is 0.0707. The molecule has 3 aromatic rings. The van der Waals surface area contributed by atoms with E-state index in [1.165, 1.54) is 7.11 Å². The van der Waals surface area contributed by atoms with Crippen LogP contribution in [0.15, 0.2) is 78.9 Å². The average molecular weight is 516 g/mol. The smallest absolute Gasteiger partial charge is 0.335 e. The first-order valence-electron chi connectivity index (χ1n) is 13.1. The summed E-state index contributed by atoms with van der Waals surface area (Å²) >= 11 is 0. The van der Waals surface area contributed by atoms with Crippen LogP contribution in [0.5, 0.6) is 0 Å². The zero-order valence-electron chi connectivity index (χ0n) is 22.5. The Morgan fingerprint density at radius 3 is 2.21 bits per heavy atom. The van der Waals surface area contributed by atoms with Crippen molar-refractivity contribution >= 4 is 17.7 Å². The normalized spacial score (nSPS) is 11.6. The highest BCUT2D eigenvalue weighted by molar-refractivity contribution is 5.95. The zero-order chi connectivity index (χ0) is 27.3. The van der Waals surface area contributed by atoms with Crippen LogP contribution < -0.4 is 0 Å². The predicted octanol–water partition coefficient (Wildman–Crippen LogP) is 5.88. The lowest BCUT2D eigenvalue weighted by atomic mass is 9.99. The van der Waals surface area contributed by atoms with Crippen molar-refractivity contribution in [3.8, 4) is 11.1 Å². The molecule has 0 fully saturated rings. The second-order valence-electron chi connectivity index (χ2n) is 9.31. The molecule has 0 unspecified atom stereocenters. The quantitative estimate of drug-likeness (QED) is 0.152. The Balaban J connectivity index is 1.50. The monoisotopic (exact) mass is 515 g/mol. The predicted molar refractivity (Wildman–Crippen MR) is 149 cm³/mol. The number of methoxy groups -OCH3 is 1. The molecule has 3 aromatic carbocycles. The van der Waals surface area contributed by atoms with Crippen molar-refractivity contribution in [3.63, 3.8) is 0 Å². The Labute approximate surface area is 225 Å². The van der Waals surface area contributed by atoms with Crippen LogP contribution in [-0.4, -0.2) is 49.4 Å². The van der Waals surface area contributed by atoms with Crippen LogP contribution >= 0.6 is 0 Å². The van der Waals surface area contributed by atoms with Gasteiger partial charge in [-0.05, 0) is 48.1 Å². The number of ketones is 1. The molecule has 0 aliphatic carbocycles. The number of Topliss-reactive ketones (excluding diaryl/α,β-unsaturated/α-hetero) is 1. The fourth-order valence-electron chi connectivity index (χ4n) is 4.32. The van der Waals surface area contributed by atoms with Gasteiger partial charge in [0.05, 0.1) is 7.11 Å². The van der Waals surface area contributed by atoms with Gasteiger partial charge >= 0.3 is 5.97 Å². The summed E-state index contributed by atoms with van der Waals surface area (Å²) in [6.45, 7) is 2.81. The van der Waals surface area contributed by atoms with E-state index in [0.717, 1.165) is 27.8 Å². The number of carbonyl (C=O) groups excluding carboxylic acids is 3. The first-order chi connectivity index (χ1) is 18.4.